The van der Waals surface area contributed by atoms with E-state index in [4.69, 9.17) is 5.11 Å². The Morgan fingerprint density at radius 3 is 2.06 bits per heavy atom. The van der Waals surface area contributed by atoms with Gasteiger partial charge in [-0.25, -0.2) is 0 Å². The van der Waals surface area contributed by atoms with E-state index in [0.29, 0.717) is 0 Å². The van der Waals surface area contributed by atoms with Crippen molar-refractivity contribution in [2.24, 2.45) is 0 Å². The first kappa shape index (κ1) is 12.9. The van der Waals surface area contributed by atoms with Crippen LogP contribution < -0.4 is 0 Å². The quantitative estimate of drug-likeness (QED) is 0.805. The second kappa shape index (κ2) is 4.37. The Morgan fingerprint density at radius 2 is 1.56 bits per heavy atom. The fourth-order valence-electron chi connectivity index (χ4n) is 1.32. The molecule has 0 bridgehead atoms. The zero-order chi connectivity index (χ0) is 12.4. The Balaban J connectivity index is 3.21. The normalized spacial score (nSPS) is 12.9. The molecule has 1 aromatic rings. The van der Waals surface area contributed by atoms with Gasteiger partial charge in [-0.3, -0.25) is 0 Å². The van der Waals surface area contributed by atoms with E-state index in [1.165, 1.54) is 6.07 Å². The molecule has 90 valence electrons. The second-order valence-electron chi connectivity index (χ2n) is 3.20. The molecule has 0 fully saturated rings. The first-order valence-corrected chi connectivity index (χ1v) is 4.44. The molecule has 1 N–H and O–H groups in total. The van der Waals surface area contributed by atoms with E-state index in [0.717, 1.165) is 18.2 Å². The highest BCUT2D eigenvalue weighted by atomic mass is 19.4. The van der Waals surface area contributed by atoms with Crippen molar-refractivity contribution in [3.05, 3.63) is 35.4 Å². The predicted molar refractivity (Wildman–Crippen MR) is 47.2 cm³/mol. The first-order chi connectivity index (χ1) is 7.30. The molecule has 16 heavy (non-hydrogen) atoms. The lowest BCUT2D eigenvalue weighted by molar-refractivity contribution is -0.289. The zero-order valence-electron chi connectivity index (χ0n) is 8.06. The molecule has 0 unspecified atom stereocenters. The molecule has 0 aliphatic heterocycles. The molecule has 0 aromatic heterocycles. The van der Waals surface area contributed by atoms with Gasteiger partial charge in [0.1, 0.15) is 0 Å². The summed E-state index contributed by atoms with van der Waals surface area (Å²) < 4.78 is 62.5. The Labute approximate surface area is 88.5 Å². The number of alkyl halides is 5. The standard InChI is InChI=1S/C10H9F5O/c11-9(12,10(13,14)15)8-4-2-1-3-7(8)5-6-16/h1-4,16H,5-6H2. The highest BCUT2D eigenvalue weighted by Gasteiger charge is 2.59. The van der Waals surface area contributed by atoms with Crippen molar-refractivity contribution in [3.63, 3.8) is 0 Å². The molecule has 0 aliphatic rings. The van der Waals surface area contributed by atoms with Crippen molar-refractivity contribution in [2.75, 3.05) is 6.61 Å². The van der Waals surface area contributed by atoms with Crippen molar-refractivity contribution < 1.29 is 27.1 Å². The third kappa shape index (κ3) is 2.32. The molecule has 0 atom stereocenters. The Bertz CT molecular complexity index is 358. The van der Waals surface area contributed by atoms with E-state index in [1.54, 1.807) is 0 Å². The Kier molecular flexibility index (Phi) is 3.52. The van der Waals surface area contributed by atoms with E-state index >= 15 is 0 Å². The molecule has 1 aromatic carbocycles. The number of hydrogen-bond donors (Lipinski definition) is 1. The van der Waals surface area contributed by atoms with Gasteiger partial charge in [-0.05, 0) is 12.0 Å². The fourth-order valence-corrected chi connectivity index (χ4v) is 1.32. The summed E-state index contributed by atoms with van der Waals surface area (Å²) in [6.07, 6.45) is -5.86. The molecular formula is C10H9F5O. The number of aliphatic hydroxyl groups excluding tert-OH is 1. The lowest BCUT2D eigenvalue weighted by Crippen LogP contribution is -2.34. The van der Waals surface area contributed by atoms with Crippen molar-refractivity contribution in [3.8, 4) is 0 Å². The minimum Gasteiger partial charge on any atom is -0.396 e. The molecule has 1 nitrogen and oxygen atoms in total. The highest BCUT2D eigenvalue weighted by molar-refractivity contribution is 5.32. The molecule has 6 heteroatoms. The molecule has 0 radical (unpaired) electrons. The number of rotatable bonds is 3. The number of hydrogen-bond acceptors (Lipinski definition) is 1. The maximum absolute atomic E-state index is 13.0. The van der Waals surface area contributed by atoms with Crippen molar-refractivity contribution in [1.29, 1.82) is 0 Å². The van der Waals surface area contributed by atoms with E-state index in [1.807, 2.05) is 0 Å². The van der Waals surface area contributed by atoms with E-state index in [9.17, 15) is 22.0 Å². The lowest BCUT2D eigenvalue weighted by Gasteiger charge is -2.22. The maximum atomic E-state index is 13.0. The van der Waals surface area contributed by atoms with Gasteiger partial charge >= 0.3 is 12.1 Å². The van der Waals surface area contributed by atoms with Crippen LogP contribution in [0.15, 0.2) is 24.3 Å². The summed E-state index contributed by atoms with van der Waals surface area (Å²) >= 11 is 0. The molecule has 0 spiro atoms. The average molecular weight is 240 g/mol. The molecule has 0 saturated heterocycles. The smallest absolute Gasteiger partial charge is 0.396 e. The summed E-state index contributed by atoms with van der Waals surface area (Å²) in [6, 6.07) is 4.32. The number of aliphatic hydroxyl groups is 1. The minimum atomic E-state index is -5.63. The third-order valence-corrected chi connectivity index (χ3v) is 2.09. The van der Waals surface area contributed by atoms with Gasteiger partial charge in [0.15, 0.2) is 0 Å². The van der Waals surface area contributed by atoms with Crippen molar-refractivity contribution in [2.45, 2.75) is 18.5 Å². The Morgan fingerprint density at radius 1 is 1.00 bits per heavy atom. The number of benzene rings is 1. The van der Waals surface area contributed by atoms with Crippen LogP contribution in [0.2, 0.25) is 0 Å². The summed E-state index contributed by atoms with van der Waals surface area (Å²) in [5, 5.41) is 8.59. The SMILES string of the molecule is OCCc1ccccc1C(F)(F)C(F)(F)F. The van der Waals surface area contributed by atoms with Gasteiger partial charge in [0.25, 0.3) is 0 Å². The molecule has 0 heterocycles. The molecule has 1 rings (SSSR count). The van der Waals surface area contributed by atoms with Crippen LogP contribution in [0.25, 0.3) is 0 Å². The first-order valence-electron chi connectivity index (χ1n) is 4.44. The van der Waals surface area contributed by atoms with Crippen LogP contribution in [-0.2, 0) is 12.3 Å². The third-order valence-electron chi connectivity index (χ3n) is 2.09. The highest BCUT2D eigenvalue weighted by Crippen LogP contribution is 2.44. The van der Waals surface area contributed by atoms with E-state index in [-0.39, 0.29) is 12.0 Å². The summed E-state index contributed by atoms with van der Waals surface area (Å²) in [4.78, 5) is 0. The molecule has 0 amide bonds. The average Bonchev–Trinajstić information content (AvgIpc) is 2.17. The monoisotopic (exact) mass is 240 g/mol. The van der Waals surface area contributed by atoms with Crippen LogP contribution in [0.5, 0.6) is 0 Å². The minimum absolute atomic E-state index is 0.202. The zero-order valence-corrected chi connectivity index (χ0v) is 8.06. The van der Waals surface area contributed by atoms with Crippen LogP contribution >= 0.6 is 0 Å². The van der Waals surface area contributed by atoms with Gasteiger partial charge in [-0.15, -0.1) is 0 Å². The van der Waals surface area contributed by atoms with Crippen LogP contribution in [0.1, 0.15) is 11.1 Å². The predicted octanol–water partition coefficient (Wildman–Crippen LogP) is 2.88. The van der Waals surface area contributed by atoms with Gasteiger partial charge in [-0.2, -0.15) is 22.0 Å². The summed E-state index contributed by atoms with van der Waals surface area (Å²) in [6.45, 7) is -0.481. The van der Waals surface area contributed by atoms with Gasteiger partial charge in [0, 0.05) is 12.2 Å². The van der Waals surface area contributed by atoms with E-state index < -0.39 is 24.3 Å². The van der Waals surface area contributed by atoms with Crippen LogP contribution in [-0.4, -0.2) is 17.9 Å². The van der Waals surface area contributed by atoms with Crippen molar-refractivity contribution in [1.82, 2.24) is 0 Å². The summed E-state index contributed by atoms with van der Waals surface area (Å²) in [5.74, 6) is -4.89. The maximum Gasteiger partial charge on any atom is 0.458 e. The van der Waals surface area contributed by atoms with Gasteiger partial charge in [-0.1, -0.05) is 24.3 Å². The largest absolute Gasteiger partial charge is 0.458 e. The topological polar surface area (TPSA) is 20.2 Å². The van der Waals surface area contributed by atoms with Crippen molar-refractivity contribution >= 4 is 0 Å². The van der Waals surface area contributed by atoms with E-state index in [2.05, 4.69) is 0 Å². The lowest BCUT2D eigenvalue weighted by atomic mass is 9.99. The van der Waals surface area contributed by atoms with Crippen LogP contribution in [0, 0.1) is 0 Å². The van der Waals surface area contributed by atoms with Crippen LogP contribution in [0.3, 0.4) is 0 Å². The van der Waals surface area contributed by atoms with Crippen LogP contribution in [0.4, 0.5) is 22.0 Å². The van der Waals surface area contributed by atoms with Gasteiger partial charge in [0.05, 0.1) is 0 Å². The molecular weight excluding hydrogens is 231 g/mol. The Hall–Kier alpha value is -1.17. The second-order valence-corrected chi connectivity index (χ2v) is 3.20. The molecule has 0 aliphatic carbocycles. The number of halogens is 5. The fraction of sp³-hybridized carbons (Fsp3) is 0.400. The van der Waals surface area contributed by atoms with Gasteiger partial charge < -0.3 is 5.11 Å². The summed E-state index contributed by atoms with van der Waals surface area (Å²) in [7, 11) is 0. The molecule has 0 saturated carbocycles. The summed E-state index contributed by atoms with van der Waals surface area (Å²) in [5.41, 5.74) is -1.30. The van der Waals surface area contributed by atoms with Gasteiger partial charge in [0.2, 0.25) is 0 Å².